The Hall–Kier alpha value is -3.53. The van der Waals surface area contributed by atoms with E-state index < -0.39 is 0 Å². The Bertz CT molecular complexity index is 1110. The predicted molar refractivity (Wildman–Crippen MR) is 117 cm³/mol. The van der Waals surface area contributed by atoms with Crippen molar-refractivity contribution in [1.29, 1.82) is 0 Å². The summed E-state index contributed by atoms with van der Waals surface area (Å²) in [5.41, 5.74) is 5.28. The molecule has 0 saturated heterocycles. The molecule has 0 bridgehead atoms. The summed E-state index contributed by atoms with van der Waals surface area (Å²) in [6, 6.07) is 23.3. The summed E-state index contributed by atoms with van der Waals surface area (Å²) in [4.78, 5) is 4.32. The third-order valence-corrected chi connectivity index (χ3v) is 5.07. The number of hydrogen-bond acceptors (Lipinski definition) is 1. The van der Waals surface area contributed by atoms with Crippen molar-refractivity contribution in [2.45, 2.75) is 19.4 Å². The molecule has 0 amide bonds. The average molecular weight is 400 g/mol. The third-order valence-electron chi connectivity index (χ3n) is 5.07. The van der Waals surface area contributed by atoms with Gasteiger partial charge in [-0.05, 0) is 65.4 Å². The van der Waals surface area contributed by atoms with Crippen LogP contribution < -0.4 is 0 Å². The first kappa shape index (κ1) is 19.8. The second-order valence-corrected chi connectivity index (χ2v) is 7.23. The van der Waals surface area contributed by atoms with E-state index >= 15 is 0 Å². The van der Waals surface area contributed by atoms with Crippen LogP contribution in [0.3, 0.4) is 0 Å². The highest BCUT2D eigenvalue weighted by Crippen LogP contribution is 2.24. The van der Waals surface area contributed by atoms with E-state index in [1.165, 1.54) is 29.8 Å². The molecule has 0 spiro atoms. The normalized spacial score (nSPS) is 11.6. The number of allylic oxidation sites excluding steroid dienone is 1. The first-order valence-electron chi connectivity index (χ1n) is 9.92. The molecule has 3 aromatic carbocycles. The number of nitrogens with zero attached hydrogens (tertiary/aromatic N) is 2. The van der Waals surface area contributed by atoms with Gasteiger partial charge in [-0.15, -0.1) is 0 Å². The lowest BCUT2D eigenvalue weighted by molar-refractivity contribution is 0.627. The van der Waals surface area contributed by atoms with Gasteiger partial charge in [0.2, 0.25) is 0 Å². The standard InChI is InChI=1S/C26H22F2N2/c27-24-12-7-20(8-13-24)6-9-23(22-10-14-25(28)15-11-22)16-26-17-29-19-30(26)18-21-4-2-1-3-5-21/h1-5,7-8,10-17,19H,6,9,18H2/b23-16-. The van der Waals surface area contributed by atoms with Gasteiger partial charge in [-0.2, -0.15) is 0 Å². The van der Waals surface area contributed by atoms with Gasteiger partial charge in [0.05, 0.1) is 18.2 Å². The number of aryl methyl sites for hydroxylation is 1. The van der Waals surface area contributed by atoms with Crippen LogP contribution in [0.15, 0.2) is 91.4 Å². The minimum Gasteiger partial charge on any atom is -0.327 e. The topological polar surface area (TPSA) is 17.8 Å². The molecule has 0 N–H and O–H groups in total. The summed E-state index contributed by atoms with van der Waals surface area (Å²) >= 11 is 0. The van der Waals surface area contributed by atoms with E-state index in [0.717, 1.165) is 41.8 Å². The maximum Gasteiger partial charge on any atom is 0.123 e. The summed E-state index contributed by atoms with van der Waals surface area (Å²) in [5.74, 6) is -0.497. The first-order valence-corrected chi connectivity index (χ1v) is 9.92. The molecule has 150 valence electrons. The lowest BCUT2D eigenvalue weighted by Crippen LogP contribution is -2.00. The summed E-state index contributed by atoms with van der Waals surface area (Å²) in [7, 11) is 0. The second kappa shape index (κ2) is 9.31. The van der Waals surface area contributed by atoms with Crippen molar-refractivity contribution in [1.82, 2.24) is 9.55 Å². The van der Waals surface area contributed by atoms with E-state index in [1.54, 1.807) is 24.3 Å². The lowest BCUT2D eigenvalue weighted by atomic mass is 9.97. The molecule has 0 aliphatic heterocycles. The zero-order valence-corrected chi connectivity index (χ0v) is 16.5. The zero-order chi connectivity index (χ0) is 20.8. The third kappa shape index (κ3) is 5.09. The van der Waals surface area contributed by atoms with Crippen LogP contribution in [0.2, 0.25) is 0 Å². The number of halogens is 2. The molecule has 0 aliphatic rings. The average Bonchev–Trinajstić information content (AvgIpc) is 3.20. The van der Waals surface area contributed by atoms with E-state index in [1.807, 2.05) is 30.7 Å². The Morgan fingerprint density at radius 3 is 2.17 bits per heavy atom. The Balaban J connectivity index is 1.62. The fraction of sp³-hybridized carbons (Fsp3) is 0.115. The van der Waals surface area contributed by atoms with Crippen molar-refractivity contribution < 1.29 is 8.78 Å². The number of rotatable bonds is 7. The van der Waals surface area contributed by atoms with Gasteiger partial charge < -0.3 is 4.57 Å². The molecule has 0 unspecified atom stereocenters. The maximum atomic E-state index is 13.5. The second-order valence-electron chi connectivity index (χ2n) is 7.23. The molecule has 0 radical (unpaired) electrons. The fourth-order valence-electron chi connectivity index (χ4n) is 3.44. The lowest BCUT2D eigenvalue weighted by Gasteiger charge is -2.11. The monoisotopic (exact) mass is 400 g/mol. The molecular formula is C26H22F2N2. The van der Waals surface area contributed by atoms with E-state index in [0.29, 0.717) is 0 Å². The van der Waals surface area contributed by atoms with E-state index in [9.17, 15) is 8.78 Å². The largest absolute Gasteiger partial charge is 0.327 e. The van der Waals surface area contributed by atoms with Crippen LogP contribution >= 0.6 is 0 Å². The Morgan fingerprint density at radius 2 is 1.47 bits per heavy atom. The zero-order valence-electron chi connectivity index (χ0n) is 16.5. The highest BCUT2D eigenvalue weighted by molar-refractivity contribution is 5.80. The van der Waals surface area contributed by atoms with Gasteiger partial charge in [-0.3, -0.25) is 0 Å². The highest BCUT2D eigenvalue weighted by atomic mass is 19.1. The van der Waals surface area contributed by atoms with Crippen molar-refractivity contribution in [2.24, 2.45) is 0 Å². The van der Waals surface area contributed by atoms with Gasteiger partial charge in [0, 0.05) is 6.54 Å². The number of hydrogen-bond donors (Lipinski definition) is 0. The van der Waals surface area contributed by atoms with Crippen LogP contribution in [0.25, 0.3) is 11.6 Å². The van der Waals surface area contributed by atoms with E-state index in [4.69, 9.17) is 0 Å². The van der Waals surface area contributed by atoms with Gasteiger partial charge >= 0.3 is 0 Å². The number of imidazole rings is 1. The highest BCUT2D eigenvalue weighted by Gasteiger charge is 2.07. The van der Waals surface area contributed by atoms with E-state index in [2.05, 4.69) is 27.8 Å². The number of benzene rings is 3. The van der Waals surface area contributed by atoms with Gasteiger partial charge in [-0.1, -0.05) is 54.6 Å². The Kier molecular flexibility index (Phi) is 6.14. The molecule has 30 heavy (non-hydrogen) atoms. The molecule has 0 saturated carbocycles. The molecule has 0 fully saturated rings. The fourth-order valence-corrected chi connectivity index (χ4v) is 3.44. The van der Waals surface area contributed by atoms with Gasteiger partial charge in [0.25, 0.3) is 0 Å². The van der Waals surface area contributed by atoms with Crippen LogP contribution in [0.4, 0.5) is 8.78 Å². The van der Waals surface area contributed by atoms with Crippen LogP contribution in [-0.4, -0.2) is 9.55 Å². The van der Waals surface area contributed by atoms with Crippen molar-refractivity contribution in [3.05, 3.63) is 125 Å². The van der Waals surface area contributed by atoms with Crippen LogP contribution in [0.5, 0.6) is 0 Å². The first-order chi connectivity index (χ1) is 14.7. The molecule has 1 aromatic heterocycles. The Labute approximate surface area is 175 Å². The minimum atomic E-state index is -0.259. The van der Waals surface area contributed by atoms with Gasteiger partial charge in [0.15, 0.2) is 0 Å². The molecule has 4 heteroatoms. The minimum absolute atomic E-state index is 0.238. The van der Waals surface area contributed by atoms with Crippen LogP contribution in [-0.2, 0) is 13.0 Å². The maximum absolute atomic E-state index is 13.5. The SMILES string of the molecule is Fc1ccc(CC/C(=C/c2cncn2Cc2ccccc2)c2ccc(F)cc2)cc1. The van der Waals surface area contributed by atoms with Crippen molar-refractivity contribution >= 4 is 11.6 Å². The van der Waals surface area contributed by atoms with E-state index in [-0.39, 0.29) is 11.6 Å². The predicted octanol–water partition coefficient (Wildman–Crippen LogP) is 6.38. The van der Waals surface area contributed by atoms with Crippen LogP contribution in [0, 0.1) is 11.6 Å². The van der Waals surface area contributed by atoms with Crippen LogP contribution in [0.1, 0.15) is 28.8 Å². The molecule has 1 heterocycles. The van der Waals surface area contributed by atoms with Crippen molar-refractivity contribution in [3.63, 3.8) is 0 Å². The van der Waals surface area contributed by atoms with Crippen molar-refractivity contribution in [3.8, 4) is 0 Å². The molecule has 0 aliphatic carbocycles. The quantitative estimate of drug-likeness (QED) is 0.352. The molecular weight excluding hydrogens is 378 g/mol. The van der Waals surface area contributed by atoms with Crippen molar-refractivity contribution in [2.75, 3.05) is 0 Å². The number of aromatic nitrogens is 2. The smallest absolute Gasteiger partial charge is 0.123 e. The summed E-state index contributed by atoms with van der Waals surface area (Å²) in [6.45, 7) is 0.724. The summed E-state index contributed by atoms with van der Waals surface area (Å²) in [6.07, 6.45) is 7.27. The van der Waals surface area contributed by atoms with Gasteiger partial charge in [0.1, 0.15) is 11.6 Å². The molecule has 4 rings (SSSR count). The molecule has 0 atom stereocenters. The summed E-state index contributed by atoms with van der Waals surface area (Å²) in [5, 5.41) is 0. The Morgan fingerprint density at radius 1 is 0.800 bits per heavy atom. The molecule has 4 aromatic rings. The summed E-state index contributed by atoms with van der Waals surface area (Å²) < 4.78 is 28.8. The molecule has 2 nitrogen and oxygen atoms in total. The van der Waals surface area contributed by atoms with Gasteiger partial charge in [-0.25, -0.2) is 13.8 Å².